The van der Waals surface area contributed by atoms with Gasteiger partial charge in [0.25, 0.3) is 11.5 Å². The van der Waals surface area contributed by atoms with Crippen LogP contribution in [0.15, 0.2) is 59.7 Å². The van der Waals surface area contributed by atoms with E-state index in [-0.39, 0.29) is 17.4 Å². The summed E-state index contributed by atoms with van der Waals surface area (Å²) in [7, 11) is 0. The predicted octanol–water partition coefficient (Wildman–Crippen LogP) is 2.32. The van der Waals surface area contributed by atoms with Crippen LogP contribution in [-0.2, 0) is 11.3 Å². The molecule has 0 atom stereocenters. The molecule has 32 heavy (non-hydrogen) atoms. The van der Waals surface area contributed by atoms with Crippen molar-refractivity contribution in [3.8, 4) is 5.75 Å². The summed E-state index contributed by atoms with van der Waals surface area (Å²) in [6.45, 7) is 1.47. The molecule has 1 saturated heterocycles. The van der Waals surface area contributed by atoms with Gasteiger partial charge < -0.3 is 15.0 Å². The van der Waals surface area contributed by atoms with E-state index in [9.17, 15) is 14.4 Å². The summed E-state index contributed by atoms with van der Waals surface area (Å²) < 4.78 is 7.69. The zero-order valence-electron chi connectivity index (χ0n) is 17.6. The molecule has 2 amide bonds. The van der Waals surface area contributed by atoms with Gasteiger partial charge in [0.2, 0.25) is 5.91 Å². The van der Waals surface area contributed by atoms with E-state index in [0.717, 1.165) is 0 Å². The molecule has 3 aromatic rings. The zero-order chi connectivity index (χ0) is 22.1. The monoisotopic (exact) mass is 432 g/mol. The van der Waals surface area contributed by atoms with Crippen molar-refractivity contribution >= 4 is 22.7 Å². The molecule has 0 bridgehead atoms. The summed E-state index contributed by atoms with van der Waals surface area (Å²) in [5.74, 6) is 0.496. The van der Waals surface area contributed by atoms with Gasteiger partial charge in [-0.25, -0.2) is 4.98 Å². The summed E-state index contributed by atoms with van der Waals surface area (Å²) >= 11 is 0. The quantitative estimate of drug-likeness (QED) is 0.683. The maximum Gasteiger partial charge on any atom is 0.261 e. The van der Waals surface area contributed by atoms with Crippen molar-refractivity contribution < 1.29 is 14.3 Å². The first-order valence-electron chi connectivity index (χ1n) is 10.9. The Hall–Kier alpha value is -3.68. The second-order valence-electron chi connectivity index (χ2n) is 8.29. The van der Waals surface area contributed by atoms with Crippen molar-refractivity contribution in [1.82, 2.24) is 19.8 Å². The van der Waals surface area contributed by atoms with Gasteiger partial charge in [-0.15, -0.1) is 0 Å². The van der Waals surface area contributed by atoms with Crippen molar-refractivity contribution in [3.05, 3.63) is 70.8 Å². The molecule has 2 aromatic carbocycles. The number of para-hydroxylation sites is 2. The molecule has 0 unspecified atom stereocenters. The average molecular weight is 432 g/mol. The Morgan fingerprint density at radius 3 is 2.66 bits per heavy atom. The largest absolute Gasteiger partial charge is 0.467 e. The van der Waals surface area contributed by atoms with Gasteiger partial charge in [0.05, 0.1) is 22.8 Å². The first kappa shape index (κ1) is 20.2. The van der Waals surface area contributed by atoms with Crippen LogP contribution in [0.5, 0.6) is 5.75 Å². The minimum atomic E-state index is -0.758. The van der Waals surface area contributed by atoms with Crippen LogP contribution in [0.4, 0.5) is 0 Å². The van der Waals surface area contributed by atoms with E-state index in [0.29, 0.717) is 67.5 Å². The van der Waals surface area contributed by atoms with Crippen LogP contribution in [0.1, 0.15) is 36.0 Å². The molecule has 8 nitrogen and oxygen atoms in total. The lowest BCUT2D eigenvalue weighted by Gasteiger charge is -2.44. The van der Waals surface area contributed by atoms with Gasteiger partial charge in [0.15, 0.2) is 5.72 Å². The minimum absolute atomic E-state index is 0.0455. The molecule has 0 aliphatic carbocycles. The Balaban J connectivity index is 1.16. The first-order chi connectivity index (χ1) is 15.5. The highest BCUT2D eigenvalue weighted by Gasteiger charge is 2.43. The van der Waals surface area contributed by atoms with E-state index < -0.39 is 5.72 Å². The molecule has 1 aromatic heterocycles. The van der Waals surface area contributed by atoms with Crippen molar-refractivity contribution in [3.63, 3.8) is 0 Å². The molecule has 164 valence electrons. The van der Waals surface area contributed by atoms with E-state index in [1.54, 1.807) is 29.1 Å². The molecular weight excluding hydrogens is 408 g/mol. The molecule has 1 N–H and O–H groups in total. The molecular formula is C24H24N4O4. The third-order valence-corrected chi connectivity index (χ3v) is 6.22. The number of carbonyl (C=O) groups excluding carboxylic acids is 2. The number of benzene rings is 2. The normalized spacial score (nSPS) is 17.0. The second-order valence-corrected chi connectivity index (χ2v) is 8.29. The number of hydrogen-bond donors (Lipinski definition) is 1. The fraction of sp³-hybridized carbons (Fsp3) is 0.333. The lowest BCUT2D eigenvalue weighted by Crippen LogP contribution is -2.61. The number of piperidine rings is 1. The second kappa shape index (κ2) is 8.11. The van der Waals surface area contributed by atoms with Gasteiger partial charge in [-0.05, 0) is 30.7 Å². The molecule has 2 aliphatic rings. The summed E-state index contributed by atoms with van der Waals surface area (Å²) in [6, 6.07) is 14.4. The van der Waals surface area contributed by atoms with Gasteiger partial charge >= 0.3 is 0 Å². The van der Waals surface area contributed by atoms with E-state index in [2.05, 4.69) is 10.3 Å². The Morgan fingerprint density at radius 1 is 1.06 bits per heavy atom. The standard InChI is InChI=1S/C24H24N4O4/c29-21(10-5-13-28-16-25-19-8-3-1-6-17(19)23(28)31)27-14-11-24(12-15-27)26-22(30)18-7-2-4-9-20(18)32-24/h1-4,6-9,16H,5,10-15H2,(H,26,30). The van der Waals surface area contributed by atoms with Crippen LogP contribution in [0.3, 0.4) is 0 Å². The fourth-order valence-corrected chi connectivity index (χ4v) is 4.42. The van der Waals surface area contributed by atoms with Gasteiger partial charge in [-0.3, -0.25) is 19.0 Å². The summed E-state index contributed by atoms with van der Waals surface area (Å²) in [5, 5.41) is 3.57. The number of amides is 2. The third kappa shape index (κ3) is 3.72. The molecule has 0 radical (unpaired) electrons. The zero-order valence-corrected chi connectivity index (χ0v) is 17.6. The lowest BCUT2D eigenvalue weighted by atomic mass is 9.96. The van der Waals surface area contributed by atoms with E-state index in [1.165, 1.54) is 0 Å². The Morgan fingerprint density at radius 2 is 1.81 bits per heavy atom. The van der Waals surface area contributed by atoms with E-state index in [4.69, 9.17) is 4.74 Å². The number of rotatable bonds is 4. The highest BCUT2D eigenvalue weighted by molar-refractivity contribution is 5.98. The Bertz CT molecular complexity index is 1240. The molecule has 2 aliphatic heterocycles. The molecule has 3 heterocycles. The topological polar surface area (TPSA) is 93.5 Å². The average Bonchev–Trinajstić information content (AvgIpc) is 2.81. The molecule has 0 saturated carbocycles. The van der Waals surface area contributed by atoms with Crippen LogP contribution in [0, 0.1) is 0 Å². The predicted molar refractivity (Wildman–Crippen MR) is 118 cm³/mol. The van der Waals surface area contributed by atoms with Crippen LogP contribution >= 0.6 is 0 Å². The van der Waals surface area contributed by atoms with Gasteiger partial charge in [-0.1, -0.05) is 24.3 Å². The number of likely N-dealkylation sites (tertiary alicyclic amines) is 1. The molecule has 1 fully saturated rings. The van der Waals surface area contributed by atoms with Crippen LogP contribution in [0.25, 0.3) is 10.9 Å². The van der Waals surface area contributed by atoms with Crippen molar-refractivity contribution in [2.75, 3.05) is 13.1 Å². The number of nitrogens with zero attached hydrogens (tertiary/aromatic N) is 3. The van der Waals surface area contributed by atoms with Crippen LogP contribution < -0.4 is 15.6 Å². The van der Waals surface area contributed by atoms with Gasteiger partial charge in [0, 0.05) is 38.9 Å². The summed E-state index contributed by atoms with van der Waals surface area (Å²) in [6.07, 6.45) is 3.52. The summed E-state index contributed by atoms with van der Waals surface area (Å²) in [4.78, 5) is 43.9. The SMILES string of the molecule is O=C1NC2(CCN(C(=O)CCCn3cnc4ccccc4c3=O)CC2)Oc2ccccc21. The number of hydrogen-bond acceptors (Lipinski definition) is 5. The Kier molecular flexibility index (Phi) is 5.13. The molecule has 8 heteroatoms. The number of carbonyl (C=O) groups is 2. The number of ether oxygens (including phenoxy) is 1. The van der Waals surface area contributed by atoms with Gasteiger partial charge in [0.1, 0.15) is 5.75 Å². The van der Waals surface area contributed by atoms with Crippen LogP contribution in [-0.4, -0.2) is 45.1 Å². The maximum absolute atomic E-state index is 12.7. The van der Waals surface area contributed by atoms with E-state index >= 15 is 0 Å². The number of fused-ring (bicyclic) bond motifs is 2. The number of aryl methyl sites for hydroxylation is 1. The Labute approximate surface area is 184 Å². The molecule has 5 rings (SSSR count). The molecule has 1 spiro atoms. The summed E-state index contributed by atoms with van der Waals surface area (Å²) in [5.41, 5.74) is 0.363. The van der Waals surface area contributed by atoms with Crippen molar-refractivity contribution in [2.45, 2.75) is 38.0 Å². The highest BCUT2D eigenvalue weighted by Crippen LogP contribution is 2.33. The fourth-order valence-electron chi connectivity index (χ4n) is 4.42. The number of nitrogens with one attached hydrogen (secondary N) is 1. The maximum atomic E-state index is 12.7. The highest BCUT2D eigenvalue weighted by atomic mass is 16.5. The van der Waals surface area contributed by atoms with E-state index in [1.807, 2.05) is 35.2 Å². The lowest BCUT2D eigenvalue weighted by molar-refractivity contribution is -0.135. The minimum Gasteiger partial charge on any atom is -0.467 e. The van der Waals surface area contributed by atoms with Gasteiger partial charge in [-0.2, -0.15) is 0 Å². The first-order valence-corrected chi connectivity index (χ1v) is 10.9. The van der Waals surface area contributed by atoms with Crippen molar-refractivity contribution in [2.24, 2.45) is 0 Å². The smallest absolute Gasteiger partial charge is 0.261 e. The third-order valence-electron chi connectivity index (χ3n) is 6.22. The van der Waals surface area contributed by atoms with Crippen molar-refractivity contribution in [1.29, 1.82) is 0 Å². The van der Waals surface area contributed by atoms with Crippen LogP contribution in [0.2, 0.25) is 0 Å². The number of aromatic nitrogens is 2.